The molecule has 1 fully saturated rings. The zero-order chi connectivity index (χ0) is 17.4. The Labute approximate surface area is 147 Å². The van der Waals surface area contributed by atoms with Gasteiger partial charge in [0.05, 0.1) is 0 Å². The van der Waals surface area contributed by atoms with Gasteiger partial charge >= 0.3 is 0 Å². The number of hydrogen-bond acceptors (Lipinski definition) is 2. The lowest BCUT2D eigenvalue weighted by Crippen LogP contribution is -2.34. The third-order valence-corrected chi connectivity index (χ3v) is 6.49. The highest BCUT2D eigenvalue weighted by atomic mass is 16.5. The van der Waals surface area contributed by atoms with Crippen LogP contribution >= 0.6 is 0 Å². The van der Waals surface area contributed by atoms with Gasteiger partial charge < -0.3 is 4.74 Å². The molecule has 0 spiro atoms. The van der Waals surface area contributed by atoms with Crippen molar-refractivity contribution in [3.05, 3.63) is 34.9 Å². The molecule has 0 heterocycles. The summed E-state index contributed by atoms with van der Waals surface area (Å²) in [7, 11) is 0. The molecule has 2 aliphatic rings. The van der Waals surface area contributed by atoms with Crippen LogP contribution in [0, 0.1) is 5.92 Å². The summed E-state index contributed by atoms with van der Waals surface area (Å²) in [5.74, 6) is 0.474. The zero-order valence-corrected chi connectivity index (χ0v) is 15.7. The van der Waals surface area contributed by atoms with Gasteiger partial charge in [-0.3, -0.25) is 4.79 Å². The molecule has 3 rings (SSSR count). The molecule has 0 N–H and O–H groups in total. The molecule has 1 unspecified atom stereocenters. The van der Waals surface area contributed by atoms with Crippen LogP contribution in [0.5, 0.6) is 0 Å². The second-order valence-electron chi connectivity index (χ2n) is 9.12. The van der Waals surface area contributed by atoms with Crippen molar-refractivity contribution in [2.45, 2.75) is 89.6 Å². The Kier molecular flexibility index (Phi) is 4.77. The van der Waals surface area contributed by atoms with Gasteiger partial charge in [-0.05, 0) is 53.2 Å². The Morgan fingerprint density at radius 2 is 1.62 bits per heavy atom. The van der Waals surface area contributed by atoms with E-state index in [-0.39, 0.29) is 16.9 Å². The van der Waals surface area contributed by atoms with E-state index in [2.05, 4.69) is 45.9 Å². The van der Waals surface area contributed by atoms with Crippen LogP contribution in [0.25, 0.3) is 0 Å². The van der Waals surface area contributed by atoms with Crippen molar-refractivity contribution in [3.63, 3.8) is 0 Å². The fraction of sp³-hybridized carbons (Fsp3) is 0.682. The first-order valence-corrected chi connectivity index (χ1v) is 9.59. The number of carbonyl (C=O) groups is 1. The first-order chi connectivity index (χ1) is 11.3. The second kappa shape index (κ2) is 6.54. The number of hydrogen-bond donors (Lipinski definition) is 0. The predicted octanol–water partition coefficient (Wildman–Crippen LogP) is 5.83. The Morgan fingerprint density at radius 1 is 1.00 bits per heavy atom. The van der Waals surface area contributed by atoms with Crippen molar-refractivity contribution >= 4 is 6.47 Å². The van der Waals surface area contributed by atoms with Gasteiger partial charge in [-0.1, -0.05) is 65.2 Å². The van der Waals surface area contributed by atoms with Crippen LogP contribution in [0.3, 0.4) is 0 Å². The van der Waals surface area contributed by atoms with E-state index < -0.39 is 0 Å². The molecular weight excluding hydrogens is 296 g/mol. The Hall–Kier alpha value is -1.31. The molecule has 0 bridgehead atoms. The average Bonchev–Trinajstić information content (AvgIpc) is 2.57. The molecule has 0 aromatic heterocycles. The van der Waals surface area contributed by atoms with Gasteiger partial charge in [-0.15, -0.1) is 0 Å². The molecule has 24 heavy (non-hydrogen) atoms. The van der Waals surface area contributed by atoms with E-state index >= 15 is 0 Å². The second-order valence-corrected chi connectivity index (χ2v) is 9.12. The maximum absolute atomic E-state index is 11.1. The average molecular weight is 328 g/mol. The fourth-order valence-electron chi connectivity index (χ4n) is 4.74. The van der Waals surface area contributed by atoms with E-state index in [1.807, 2.05) is 0 Å². The van der Waals surface area contributed by atoms with E-state index in [9.17, 15) is 4.79 Å². The fourth-order valence-corrected chi connectivity index (χ4v) is 4.74. The molecule has 1 saturated carbocycles. The minimum absolute atomic E-state index is 0.0751. The molecule has 1 aromatic rings. The zero-order valence-electron chi connectivity index (χ0n) is 15.7. The number of rotatable bonds is 4. The summed E-state index contributed by atoms with van der Waals surface area (Å²) in [6.07, 6.45) is 8.53. The Balaban J connectivity index is 2.00. The SMILES string of the molecule is CC1(C)CCC(C)(C)c2cc(C(OC=O)C3CCCCC3)ccc21. The van der Waals surface area contributed by atoms with Crippen LogP contribution in [0.15, 0.2) is 18.2 Å². The number of ether oxygens (including phenoxy) is 1. The maximum atomic E-state index is 11.1. The molecule has 2 aliphatic carbocycles. The smallest absolute Gasteiger partial charge is 0.293 e. The summed E-state index contributed by atoms with van der Waals surface area (Å²) in [4.78, 5) is 11.1. The lowest BCUT2D eigenvalue weighted by Gasteiger charge is -2.42. The molecule has 2 heteroatoms. The Morgan fingerprint density at radius 3 is 2.25 bits per heavy atom. The molecule has 1 atom stereocenters. The summed E-state index contributed by atoms with van der Waals surface area (Å²) in [5, 5.41) is 0. The van der Waals surface area contributed by atoms with Crippen molar-refractivity contribution in [1.82, 2.24) is 0 Å². The Bertz CT molecular complexity index is 594. The highest BCUT2D eigenvalue weighted by molar-refractivity contribution is 5.45. The third kappa shape index (κ3) is 3.25. The molecule has 0 amide bonds. The molecule has 132 valence electrons. The molecule has 2 nitrogen and oxygen atoms in total. The third-order valence-electron chi connectivity index (χ3n) is 6.49. The summed E-state index contributed by atoms with van der Waals surface area (Å²) < 4.78 is 5.60. The monoisotopic (exact) mass is 328 g/mol. The summed E-state index contributed by atoms with van der Waals surface area (Å²) in [5.41, 5.74) is 4.54. The van der Waals surface area contributed by atoms with Crippen LogP contribution in [0.1, 0.15) is 95.4 Å². The van der Waals surface area contributed by atoms with Crippen LogP contribution in [-0.2, 0) is 20.4 Å². The topological polar surface area (TPSA) is 26.3 Å². The van der Waals surface area contributed by atoms with E-state index in [1.54, 1.807) is 0 Å². The van der Waals surface area contributed by atoms with Gasteiger partial charge in [0.1, 0.15) is 6.10 Å². The van der Waals surface area contributed by atoms with Gasteiger partial charge in [0.15, 0.2) is 0 Å². The largest absolute Gasteiger partial charge is 0.459 e. The quantitative estimate of drug-likeness (QED) is 0.650. The van der Waals surface area contributed by atoms with Crippen molar-refractivity contribution in [3.8, 4) is 0 Å². The van der Waals surface area contributed by atoms with E-state index in [0.717, 1.165) is 0 Å². The number of benzene rings is 1. The van der Waals surface area contributed by atoms with E-state index in [0.29, 0.717) is 12.4 Å². The van der Waals surface area contributed by atoms with Gasteiger partial charge in [-0.2, -0.15) is 0 Å². The standard InChI is InChI=1S/C22H32O2/c1-21(2)12-13-22(3,4)19-14-17(10-11-18(19)21)20(24-15-23)16-8-6-5-7-9-16/h10-11,14-16,20H,5-9,12-13H2,1-4H3. The van der Waals surface area contributed by atoms with Gasteiger partial charge in [0, 0.05) is 5.92 Å². The summed E-state index contributed by atoms with van der Waals surface area (Å²) in [6, 6.07) is 6.86. The van der Waals surface area contributed by atoms with E-state index in [1.165, 1.54) is 61.6 Å². The van der Waals surface area contributed by atoms with Gasteiger partial charge in [0.2, 0.25) is 0 Å². The van der Waals surface area contributed by atoms with Gasteiger partial charge in [-0.25, -0.2) is 0 Å². The normalized spacial score (nSPS) is 24.0. The summed E-state index contributed by atoms with van der Waals surface area (Å²) in [6.45, 7) is 10.0. The van der Waals surface area contributed by atoms with Crippen molar-refractivity contribution in [2.75, 3.05) is 0 Å². The minimum atomic E-state index is -0.0751. The molecular formula is C22H32O2. The minimum Gasteiger partial charge on any atom is -0.459 e. The van der Waals surface area contributed by atoms with E-state index in [4.69, 9.17) is 4.74 Å². The van der Waals surface area contributed by atoms with Crippen molar-refractivity contribution in [1.29, 1.82) is 0 Å². The maximum Gasteiger partial charge on any atom is 0.293 e. The molecule has 0 aliphatic heterocycles. The summed E-state index contributed by atoms with van der Waals surface area (Å²) >= 11 is 0. The number of fused-ring (bicyclic) bond motifs is 1. The first-order valence-electron chi connectivity index (χ1n) is 9.59. The van der Waals surface area contributed by atoms with Gasteiger partial charge in [0.25, 0.3) is 6.47 Å². The first kappa shape index (κ1) is 17.5. The number of carbonyl (C=O) groups excluding carboxylic acids is 1. The molecule has 0 saturated heterocycles. The van der Waals surface area contributed by atoms with Crippen LogP contribution < -0.4 is 0 Å². The highest BCUT2D eigenvalue weighted by Crippen LogP contribution is 2.47. The van der Waals surface area contributed by atoms with Crippen LogP contribution in [-0.4, -0.2) is 6.47 Å². The molecule has 1 aromatic carbocycles. The van der Waals surface area contributed by atoms with Crippen LogP contribution in [0.2, 0.25) is 0 Å². The van der Waals surface area contributed by atoms with Crippen LogP contribution in [0.4, 0.5) is 0 Å². The van der Waals surface area contributed by atoms with Crippen molar-refractivity contribution < 1.29 is 9.53 Å². The predicted molar refractivity (Wildman–Crippen MR) is 98.2 cm³/mol. The van der Waals surface area contributed by atoms with Crippen molar-refractivity contribution in [2.24, 2.45) is 5.92 Å². The lowest BCUT2D eigenvalue weighted by molar-refractivity contribution is -0.137. The highest BCUT2D eigenvalue weighted by Gasteiger charge is 2.38. The molecule has 0 radical (unpaired) electrons. The lowest BCUT2D eigenvalue weighted by atomic mass is 9.62.